The van der Waals surface area contributed by atoms with E-state index in [2.05, 4.69) is 4.90 Å². The number of hydrogen-bond acceptors (Lipinski definition) is 6. The van der Waals surface area contributed by atoms with Gasteiger partial charge in [0.15, 0.2) is 5.78 Å². The molecule has 26 heavy (non-hydrogen) atoms. The van der Waals surface area contributed by atoms with Gasteiger partial charge in [0, 0.05) is 37.5 Å². The van der Waals surface area contributed by atoms with Crippen molar-refractivity contribution in [1.82, 2.24) is 4.90 Å². The van der Waals surface area contributed by atoms with Gasteiger partial charge in [0.05, 0.1) is 19.3 Å². The summed E-state index contributed by atoms with van der Waals surface area (Å²) in [7, 11) is 0. The van der Waals surface area contributed by atoms with E-state index >= 15 is 0 Å². The van der Waals surface area contributed by atoms with Crippen molar-refractivity contribution >= 4 is 11.8 Å². The molecular formula is C20H31NO5. The van der Waals surface area contributed by atoms with Crippen LogP contribution < -0.4 is 0 Å². The number of allylic oxidation sites excluding steroid dienone is 2. The Hall–Kier alpha value is -1.50. The van der Waals surface area contributed by atoms with E-state index in [0.29, 0.717) is 12.0 Å². The first kappa shape index (κ1) is 20.8. The van der Waals surface area contributed by atoms with Crippen LogP contribution in [0.5, 0.6) is 0 Å². The van der Waals surface area contributed by atoms with E-state index in [-0.39, 0.29) is 24.4 Å². The van der Waals surface area contributed by atoms with Crippen molar-refractivity contribution in [1.29, 1.82) is 0 Å². The summed E-state index contributed by atoms with van der Waals surface area (Å²) < 4.78 is 16.3. The average molecular weight is 365 g/mol. The van der Waals surface area contributed by atoms with Gasteiger partial charge in [-0.15, -0.1) is 0 Å². The second-order valence-corrected chi connectivity index (χ2v) is 7.83. The number of ether oxygens (including phenoxy) is 3. The minimum atomic E-state index is -0.533. The van der Waals surface area contributed by atoms with Gasteiger partial charge >= 0.3 is 5.97 Å². The Bertz CT molecular complexity index is 555. The molecule has 6 heteroatoms. The summed E-state index contributed by atoms with van der Waals surface area (Å²) in [5.41, 5.74) is 0.125. The first-order valence-electron chi connectivity index (χ1n) is 9.31. The maximum absolute atomic E-state index is 12.5. The van der Waals surface area contributed by atoms with Crippen molar-refractivity contribution in [2.75, 3.05) is 39.5 Å². The second kappa shape index (κ2) is 9.44. The summed E-state index contributed by atoms with van der Waals surface area (Å²) >= 11 is 0. The zero-order valence-corrected chi connectivity index (χ0v) is 16.3. The van der Waals surface area contributed by atoms with E-state index in [0.717, 1.165) is 32.8 Å². The van der Waals surface area contributed by atoms with Gasteiger partial charge in [-0.05, 0) is 26.8 Å². The normalized spacial score (nSPS) is 24.2. The SMILES string of the molecule is CC1C=CC(C(=O)CCN2CCOCC2)=CC1OCC(=O)OC(C)(C)C. The Kier molecular flexibility index (Phi) is 7.55. The molecule has 2 atom stereocenters. The number of ketones is 1. The number of carbonyl (C=O) groups is 2. The van der Waals surface area contributed by atoms with Crippen LogP contribution >= 0.6 is 0 Å². The molecule has 0 aromatic carbocycles. The molecule has 0 radical (unpaired) electrons. The largest absolute Gasteiger partial charge is 0.458 e. The van der Waals surface area contributed by atoms with Crippen LogP contribution in [-0.2, 0) is 23.8 Å². The molecule has 146 valence electrons. The van der Waals surface area contributed by atoms with E-state index < -0.39 is 11.6 Å². The third-order valence-corrected chi connectivity index (χ3v) is 4.34. The van der Waals surface area contributed by atoms with E-state index in [9.17, 15) is 9.59 Å². The number of morpholine rings is 1. The summed E-state index contributed by atoms with van der Waals surface area (Å²) in [4.78, 5) is 26.6. The number of hydrogen-bond donors (Lipinski definition) is 0. The van der Waals surface area contributed by atoms with Crippen LogP contribution in [0.3, 0.4) is 0 Å². The summed E-state index contributed by atoms with van der Waals surface area (Å²) in [6.45, 7) is 11.3. The summed E-state index contributed by atoms with van der Waals surface area (Å²) in [5, 5.41) is 0. The molecule has 0 amide bonds. The maximum atomic E-state index is 12.5. The number of nitrogens with zero attached hydrogens (tertiary/aromatic N) is 1. The Labute approximate surface area is 156 Å². The molecule has 1 saturated heterocycles. The molecule has 2 aliphatic rings. The Balaban J connectivity index is 1.84. The van der Waals surface area contributed by atoms with Crippen LogP contribution in [0.15, 0.2) is 23.8 Å². The van der Waals surface area contributed by atoms with Crippen LogP contribution in [-0.4, -0.2) is 67.8 Å². The number of esters is 1. The Morgan fingerprint density at radius 2 is 1.96 bits per heavy atom. The first-order chi connectivity index (χ1) is 12.2. The van der Waals surface area contributed by atoms with Gasteiger partial charge in [0.25, 0.3) is 0 Å². The van der Waals surface area contributed by atoms with Crippen LogP contribution in [0.25, 0.3) is 0 Å². The van der Waals surface area contributed by atoms with Gasteiger partial charge in [-0.2, -0.15) is 0 Å². The van der Waals surface area contributed by atoms with Crippen LogP contribution in [0.1, 0.15) is 34.1 Å². The zero-order chi connectivity index (χ0) is 19.2. The van der Waals surface area contributed by atoms with Crippen molar-refractivity contribution < 1.29 is 23.8 Å². The number of rotatable bonds is 7. The quantitative estimate of drug-likeness (QED) is 0.644. The van der Waals surface area contributed by atoms with Crippen LogP contribution in [0.4, 0.5) is 0 Å². The fourth-order valence-corrected chi connectivity index (χ4v) is 2.90. The van der Waals surface area contributed by atoms with Crippen molar-refractivity contribution in [2.24, 2.45) is 5.92 Å². The molecule has 2 unspecified atom stereocenters. The molecule has 1 fully saturated rings. The van der Waals surface area contributed by atoms with Crippen molar-refractivity contribution in [2.45, 2.75) is 45.8 Å². The Morgan fingerprint density at radius 3 is 2.62 bits per heavy atom. The lowest BCUT2D eigenvalue weighted by Gasteiger charge is -2.27. The van der Waals surface area contributed by atoms with E-state index in [1.54, 1.807) is 0 Å². The molecule has 0 N–H and O–H groups in total. The molecule has 0 spiro atoms. The predicted octanol–water partition coefficient (Wildman–Crippen LogP) is 2.14. The summed E-state index contributed by atoms with van der Waals surface area (Å²) in [6.07, 6.45) is 5.83. The second-order valence-electron chi connectivity index (χ2n) is 7.83. The molecule has 0 aromatic heterocycles. The molecular weight excluding hydrogens is 334 g/mol. The van der Waals surface area contributed by atoms with Crippen LogP contribution in [0.2, 0.25) is 0 Å². The highest BCUT2D eigenvalue weighted by Gasteiger charge is 2.23. The smallest absolute Gasteiger partial charge is 0.332 e. The molecule has 2 rings (SSSR count). The van der Waals surface area contributed by atoms with Gasteiger partial charge in [0.1, 0.15) is 12.2 Å². The summed E-state index contributed by atoms with van der Waals surface area (Å²) in [5.74, 6) is -0.188. The fourth-order valence-electron chi connectivity index (χ4n) is 2.90. The fraction of sp³-hybridized carbons (Fsp3) is 0.700. The third kappa shape index (κ3) is 7.02. The lowest BCUT2D eigenvalue weighted by atomic mass is 9.92. The third-order valence-electron chi connectivity index (χ3n) is 4.34. The lowest BCUT2D eigenvalue weighted by molar-refractivity contribution is -0.161. The minimum absolute atomic E-state index is 0.102. The monoisotopic (exact) mass is 365 g/mol. The van der Waals surface area contributed by atoms with E-state index in [4.69, 9.17) is 14.2 Å². The zero-order valence-electron chi connectivity index (χ0n) is 16.3. The number of carbonyl (C=O) groups excluding carboxylic acids is 2. The van der Waals surface area contributed by atoms with Gasteiger partial charge in [-0.3, -0.25) is 9.69 Å². The lowest BCUT2D eigenvalue weighted by Crippen LogP contribution is -2.37. The molecule has 0 bridgehead atoms. The van der Waals surface area contributed by atoms with Gasteiger partial charge in [-0.25, -0.2) is 4.79 Å². The van der Waals surface area contributed by atoms with Crippen LogP contribution in [0, 0.1) is 5.92 Å². The standard InChI is InChI=1S/C20H31NO5/c1-15-5-6-16(17(22)7-8-21-9-11-24-12-10-21)13-18(15)25-14-19(23)26-20(2,3)4/h5-6,13,15,18H,7-12,14H2,1-4H3. The highest BCUT2D eigenvalue weighted by Crippen LogP contribution is 2.21. The van der Waals surface area contributed by atoms with E-state index in [1.807, 2.05) is 45.9 Å². The highest BCUT2D eigenvalue weighted by atomic mass is 16.6. The Morgan fingerprint density at radius 1 is 1.27 bits per heavy atom. The topological polar surface area (TPSA) is 65.1 Å². The summed E-state index contributed by atoms with van der Waals surface area (Å²) in [6, 6.07) is 0. The minimum Gasteiger partial charge on any atom is -0.458 e. The average Bonchev–Trinajstić information content (AvgIpc) is 2.58. The molecule has 0 aromatic rings. The van der Waals surface area contributed by atoms with Crippen molar-refractivity contribution in [3.8, 4) is 0 Å². The maximum Gasteiger partial charge on any atom is 0.332 e. The predicted molar refractivity (Wildman–Crippen MR) is 98.9 cm³/mol. The van der Waals surface area contributed by atoms with Gasteiger partial charge in [-0.1, -0.05) is 19.1 Å². The van der Waals surface area contributed by atoms with E-state index in [1.165, 1.54) is 0 Å². The molecule has 0 saturated carbocycles. The molecule has 1 aliphatic heterocycles. The van der Waals surface area contributed by atoms with Crippen molar-refractivity contribution in [3.63, 3.8) is 0 Å². The van der Waals surface area contributed by atoms with Crippen molar-refractivity contribution in [3.05, 3.63) is 23.8 Å². The number of Topliss-reactive ketones (excluding diaryl/α,β-unsaturated/α-hetero) is 1. The van der Waals surface area contributed by atoms with Gasteiger partial charge in [0.2, 0.25) is 0 Å². The first-order valence-corrected chi connectivity index (χ1v) is 9.31. The molecule has 1 aliphatic carbocycles. The molecule has 1 heterocycles. The van der Waals surface area contributed by atoms with Gasteiger partial charge < -0.3 is 14.2 Å². The highest BCUT2D eigenvalue weighted by molar-refractivity contribution is 5.98. The molecule has 6 nitrogen and oxygen atoms in total.